The predicted octanol–water partition coefficient (Wildman–Crippen LogP) is 29.2. The highest BCUT2D eigenvalue weighted by molar-refractivity contribution is 7.26. The van der Waals surface area contributed by atoms with Crippen LogP contribution in [-0.2, 0) is 10.8 Å². The van der Waals surface area contributed by atoms with Crippen LogP contribution in [0.4, 0.5) is 34.1 Å². The Bertz CT molecular complexity index is 5740. The topological polar surface area (TPSA) is 19.6 Å². The quantitative estimate of drug-likeness (QED) is 0.122. The number of hydrogen-bond donors (Lipinski definition) is 0. The van der Waals surface area contributed by atoms with Crippen LogP contribution in [0, 0.1) is 0 Å². The first-order valence-corrected chi connectivity index (χ1v) is 37.5. The van der Waals surface area contributed by atoms with Crippen molar-refractivity contribution in [3.05, 3.63) is 398 Å². The van der Waals surface area contributed by atoms with Gasteiger partial charge in [-0.05, 0) is 197 Å². The number of benzene rings is 16. The van der Waals surface area contributed by atoms with E-state index in [0.717, 1.165) is 45.3 Å². The van der Waals surface area contributed by atoms with Crippen molar-refractivity contribution in [2.75, 3.05) is 9.80 Å². The molecule has 0 radical (unpaired) electrons. The zero-order valence-corrected chi connectivity index (χ0v) is 60.3. The SMILES string of the molecule is CC1(C)c2cc(-c3ccc(N(c4ccc(-c5ccccc5)cc4)c4ccc(-c5ccccc5)cc4)cc3)ccc2-c2c1ccc1c2oc2ccccc21.CC1(C)c2cc(-c3ccc(N(c4ccc(-c5ccccc5)cc4)c4ccc(-c5ccccc5)cc4)cc3)ccc2-c2c1ccc1c2sc2ccccc21. The standard InChI is InChI=1S/C51H37NO.C51H37NS/c2*1-51(2)46-32-31-44-43-15-9-10-16-48(43)53-50(44)49(46)45-30-23-39(33-47(45)51)38-21-28-42(29-22-38)52(40-24-17-36(18-25-40)34-11-5-3-6-12-34)41-26-19-37(20-27-41)35-13-7-4-8-14-35/h2*3-33H,1-2H3. The number of thiophene rings is 1. The summed E-state index contributed by atoms with van der Waals surface area (Å²) in [6.07, 6.45) is 0. The molecular formula is C102H74N2OS. The molecule has 0 saturated heterocycles. The highest BCUT2D eigenvalue weighted by Crippen LogP contribution is 2.56. The summed E-state index contributed by atoms with van der Waals surface area (Å²) in [7, 11) is 0. The normalized spacial score (nSPS) is 12.9. The number of hydrogen-bond acceptors (Lipinski definition) is 4. The lowest BCUT2D eigenvalue weighted by molar-refractivity contribution is 0.653. The van der Waals surface area contributed by atoms with E-state index in [9.17, 15) is 0 Å². The van der Waals surface area contributed by atoms with Gasteiger partial charge in [0.05, 0.1) is 0 Å². The van der Waals surface area contributed by atoms with Gasteiger partial charge in [0.1, 0.15) is 11.2 Å². The second-order valence-electron chi connectivity index (χ2n) is 29.1. The Hall–Kier alpha value is -12.9. The Balaban J connectivity index is 0.000000145. The van der Waals surface area contributed by atoms with Crippen LogP contribution in [0.5, 0.6) is 0 Å². The highest BCUT2D eigenvalue weighted by atomic mass is 32.1. The van der Waals surface area contributed by atoms with E-state index in [2.05, 4.69) is 408 Å². The summed E-state index contributed by atoms with van der Waals surface area (Å²) < 4.78 is 9.28. The fraction of sp³-hybridized carbons (Fsp3) is 0.0588. The molecule has 2 aliphatic carbocycles. The Morgan fingerprint density at radius 1 is 0.236 bits per heavy atom. The van der Waals surface area contributed by atoms with Crippen molar-refractivity contribution >= 4 is 87.6 Å². The molecule has 0 unspecified atom stereocenters. The van der Waals surface area contributed by atoms with Crippen molar-refractivity contribution in [3.8, 4) is 89.0 Å². The summed E-state index contributed by atoms with van der Waals surface area (Å²) in [5.74, 6) is 0. The first-order chi connectivity index (χ1) is 52.1. The van der Waals surface area contributed by atoms with Gasteiger partial charge in [-0.2, -0.15) is 0 Å². The van der Waals surface area contributed by atoms with E-state index in [0.29, 0.717) is 0 Å². The smallest absolute Gasteiger partial charge is 0.143 e. The summed E-state index contributed by atoms with van der Waals surface area (Å²) in [5, 5.41) is 5.06. The second-order valence-corrected chi connectivity index (χ2v) is 30.2. The van der Waals surface area contributed by atoms with Gasteiger partial charge in [-0.15, -0.1) is 11.3 Å². The monoisotopic (exact) mass is 1370 g/mol. The maximum atomic E-state index is 6.52. The van der Waals surface area contributed by atoms with Crippen molar-refractivity contribution in [1.82, 2.24) is 0 Å². The van der Waals surface area contributed by atoms with Crippen LogP contribution < -0.4 is 9.80 Å². The van der Waals surface area contributed by atoms with E-state index >= 15 is 0 Å². The molecule has 2 heterocycles. The zero-order chi connectivity index (χ0) is 71.0. The number of para-hydroxylation sites is 1. The van der Waals surface area contributed by atoms with Crippen LogP contribution in [0.1, 0.15) is 49.9 Å². The summed E-state index contributed by atoms with van der Waals surface area (Å²) in [6.45, 7) is 9.44. The molecule has 2 aromatic heterocycles. The summed E-state index contributed by atoms with van der Waals surface area (Å²) in [5.41, 5.74) is 33.7. The van der Waals surface area contributed by atoms with Crippen molar-refractivity contribution in [3.63, 3.8) is 0 Å². The van der Waals surface area contributed by atoms with Gasteiger partial charge in [0.2, 0.25) is 0 Å². The van der Waals surface area contributed by atoms with Gasteiger partial charge in [-0.1, -0.05) is 307 Å². The minimum absolute atomic E-state index is 0.0837. The van der Waals surface area contributed by atoms with Crippen LogP contribution >= 0.6 is 11.3 Å². The van der Waals surface area contributed by atoms with Crippen molar-refractivity contribution in [1.29, 1.82) is 0 Å². The lowest BCUT2D eigenvalue weighted by Gasteiger charge is -2.26. The molecule has 0 amide bonds. The van der Waals surface area contributed by atoms with Gasteiger partial charge in [0.15, 0.2) is 0 Å². The number of nitrogens with zero attached hydrogens (tertiary/aromatic N) is 2. The molecule has 2 aliphatic rings. The molecule has 0 N–H and O–H groups in total. The first kappa shape index (κ1) is 64.0. The first-order valence-electron chi connectivity index (χ1n) is 36.7. The van der Waals surface area contributed by atoms with E-state index in [1.54, 1.807) is 0 Å². The van der Waals surface area contributed by atoms with Crippen LogP contribution in [0.2, 0.25) is 0 Å². The molecule has 0 saturated carbocycles. The van der Waals surface area contributed by atoms with E-state index < -0.39 is 0 Å². The molecule has 18 aromatic rings. The third-order valence-electron chi connectivity index (χ3n) is 22.2. The van der Waals surface area contributed by atoms with E-state index in [1.165, 1.54) is 142 Å². The maximum Gasteiger partial charge on any atom is 0.143 e. The molecule has 504 valence electrons. The molecule has 0 atom stereocenters. The average Bonchev–Trinajstić information content (AvgIpc) is 1.56. The van der Waals surface area contributed by atoms with Crippen LogP contribution in [-0.4, -0.2) is 0 Å². The lowest BCUT2D eigenvalue weighted by Crippen LogP contribution is -2.15. The molecule has 106 heavy (non-hydrogen) atoms. The molecule has 20 rings (SSSR count). The number of rotatable bonds is 12. The highest BCUT2D eigenvalue weighted by Gasteiger charge is 2.39. The minimum atomic E-state index is -0.150. The number of anilines is 6. The van der Waals surface area contributed by atoms with Gasteiger partial charge in [-0.25, -0.2) is 0 Å². The summed E-state index contributed by atoms with van der Waals surface area (Å²) in [4.78, 5) is 4.69. The Kier molecular flexibility index (Phi) is 15.8. The summed E-state index contributed by atoms with van der Waals surface area (Å²) in [6, 6.07) is 136. The van der Waals surface area contributed by atoms with Gasteiger partial charge in [0, 0.05) is 87.0 Å². The molecular weight excluding hydrogens is 1300 g/mol. The molecule has 0 spiro atoms. The van der Waals surface area contributed by atoms with Gasteiger partial charge < -0.3 is 14.2 Å². The molecule has 0 bridgehead atoms. The third kappa shape index (κ3) is 11.2. The fourth-order valence-electron chi connectivity index (χ4n) is 16.6. The molecule has 16 aromatic carbocycles. The fourth-order valence-corrected chi connectivity index (χ4v) is 17.9. The minimum Gasteiger partial charge on any atom is -0.455 e. The molecule has 4 heteroatoms. The van der Waals surface area contributed by atoms with Gasteiger partial charge >= 0.3 is 0 Å². The largest absolute Gasteiger partial charge is 0.455 e. The average molecular weight is 1380 g/mol. The van der Waals surface area contributed by atoms with Crippen LogP contribution in [0.25, 0.3) is 131 Å². The molecule has 0 aliphatic heterocycles. The van der Waals surface area contributed by atoms with Gasteiger partial charge in [0.25, 0.3) is 0 Å². The van der Waals surface area contributed by atoms with Crippen LogP contribution in [0.15, 0.2) is 381 Å². The maximum absolute atomic E-state index is 6.52. The lowest BCUT2D eigenvalue weighted by atomic mass is 9.81. The van der Waals surface area contributed by atoms with Crippen LogP contribution in [0.3, 0.4) is 0 Å². The number of fused-ring (bicyclic) bond motifs is 14. The molecule has 0 fully saturated rings. The van der Waals surface area contributed by atoms with E-state index in [-0.39, 0.29) is 10.8 Å². The zero-order valence-electron chi connectivity index (χ0n) is 59.5. The third-order valence-corrected chi connectivity index (χ3v) is 23.4. The van der Waals surface area contributed by atoms with Gasteiger partial charge in [-0.3, -0.25) is 0 Å². The second kappa shape index (κ2) is 26.1. The predicted molar refractivity (Wildman–Crippen MR) is 450 cm³/mol. The van der Waals surface area contributed by atoms with Crippen molar-refractivity contribution in [2.24, 2.45) is 0 Å². The molecule has 3 nitrogen and oxygen atoms in total. The van der Waals surface area contributed by atoms with Crippen molar-refractivity contribution < 1.29 is 4.42 Å². The van der Waals surface area contributed by atoms with Crippen molar-refractivity contribution in [2.45, 2.75) is 38.5 Å². The number of furan rings is 1. The Morgan fingerprint density at radius 2 is 0.538 bits per heavy atom. The Morgan fingerprint density at radius 3 is 0.934 bits per heavy atom. The summed E-state index contributed by atoms with van der Waals surface area (Å²) >= 11 is 1.93. The van der Waals surface area contributed by atoms with E-state index in [4.69, 9.17) is 4.42 Å². The van der Waals surface area contributed by atoms with E-state index in [1.807, 2.05) is 17.4 Å². The Labute approximate surface area is 623 Å².